The first kappa shape index (κ1) is 31.5. The lowest BCUT2D eigenvalue weighted by atomic mass is 10.0. The molecule has 0 fully saturated rings. The minimum Gasteiger partial charge on any atom is -0.311 e. The van der Waals surface area contributed by atoms with E-state index in [0.29, 0.717) is 0 Å². The summed E-state index contributed by atoms with van der Waals surface area (Å²) < 4.78 is 0. The van der Waals surface area contributed by atoms with E-state index in [9.17, 15) is 0 Å². The van der Waals surface area contributed by atoms with Crippen LogP contribution < -0.4 is 9.80 Å². The fraction of sp³-hybridized carbons (Fsp3) is 0.0638. The summed E-state index contributed by atoms with van der Waals surface area (Å²) in [6, 6.07) is 62.8. The van der Waals surface area contributed by atoms with Gasteiger partial charge in [-0.3, -0.25) is 0 Å². The first-order valence-electron chi connectivity index (χ1n) is 16.8. The highest BCUT2D eigenvalue weighted by Gasteiger charge is 2.15. The van der Waals surface area contributed by atoms with E-state index in [1.807, 2.05) is 0 Å². The molecule has 7 aromatic carbocycles. The third-order valence-corrected chi connectivity index (χ3v) is 8.84. The van der Waals surface area contributed by atoms with Crippen molar-refractivity contribution in [1.82, 2.24) is 0 Å². The lowest BCUT2D eigenvalue weighted by molar-refractivity contribution is 1.23. The smallest absolute Gasteiger partial charge is 0.0490 e. The quantitative estimate of drug-likeness (QED) is 0.146. The Morgan fingerprint density at radius 2 is 0.755 bits per heavy atom. The fourth-order valence-corrected chi connectivity index (χ4v) is 6.44. The number of nitrogens with zero attached hydrogens (tertiary/aromatic N) is 2. The molecule has 0 atom stereocenters. The van der Waals surface area contributed by atoms with Crippen molar-refractivity contribution in [2.75, 3.05) is 9.80 Å². The number of anilines is 6. The molecule has 238 valence electrons. The van der Waals surface area contributed by atoms with Gasteiger partial charge in [0.1, 0.15) is 0 Å². The Labute approximate surface area is 290 Å². The van der Waals surface area contributed by atoms with Crippen LogP contribution in [-0.2, 0) is 0 Å². The first-order chi connectivity index (χ1) is 24.0. The molecule has 0 aliphatic heterocycles. The third kappa shape index (κ3) is 7.25. The Bertz CT molecular complexity index is 2100. The number of para-hydroxylation sites is 3. The van der Waals surface area contributed by atoms with Gasteiger partial charge in [-0.25, -0.2) is 0 Å². The van der Waals surface area contributed by atoms with Gasteiger partial charge in [-0.2, -0.15) is 0 Å². The van der Waals surface area contributed by atoms with Crippen LogP contribution in [0.4, 0.5) is 34.1 Å². The molecule has 0 saturated carbocycles. The van der Waals surface area contributed by atoms with Crippen LogP contribution in [0.1, 0.15) is 27.8 Å². The molecule has 0 aliphatic rings. The van der Waals surface area contributed by atoms with Crippen LogP contribution in [0.25, 0.3) is 23.3 Å². The van der Waals surface area contributed by atoms with Crippen molar-refractivity contribution in [2.45, 2.75) is 20.8 Å². The topological polar surface area (TPSA) is 6.48 Å². The van der Waals surface area contributed by atoms with E-state index in [1.54, 1.807) is 0 Å². The van der Waals surface area contributed by atoms with E-state index < -0.39 is 0 Å². The van der Waals surface area contributed by atoms with Gasteiger partial charge in [-0.15, -0.1) is 0 Å². The standard InChI is InChI=1S/C47H40N2/c1-35-32-36(2)34-46(33-35)49(47-17-11-10-12-37(47)3)45-30-26-41(27-31-45)40-24-20-38(21-25-40)18-19-39-22-28-44(29-23-39)48(42-13-6-4-7-14-42)43-15-8-5-9-16-43/h4-34H,1-3H3. The molecule has 0 heterocycles. The molecular weight excluding hydrogens is 593 g/mol. The van der Waals surface area contributed by atoms with Gasteiger partial charge in [0.2, 0.25) is 0 Å². The summed E-state index contributed by atoms with van der Waals surface area (Å²) in [6.07, 6.45) is 4.36. The van der Waals surface area contributed by atoms with E-state index >= 15 is 0 Å². The van der Waals surface area contributed by atoms with Crippen LogP contribution in [0.5, 0.6) is 0 Å². The van der Waals surface area contributed by atoms with Gasteiger partial charge in [0, 0.05) is 34.1 Å². The molecule has 0 aromatic heterocycles. The summed E-state index contributed by atoms with van der Waals surface area (Å²) in [5.74, 6) is 0. The molecule has 0 spiro atoms. The molecule has 7 aromatic rings. The van der Waals surface area contributed by atoms with Crippen LogP contribution in [-0.4, -0.2) is 0 Å². The zero-order valence-corrected chi connectivity index (χ0v) is 28.3. The van der Waals surface area contributed by atoms with E-state index in [1.165, 1.54) is 44.8 Å². The normalized spacial score (nSPS) is 11.1. The minimum absolute atomic E-state index is 1.13. The van der Waals surface area contributed by atoms with Crippen molar-refractivity contribution in [2.24, 2.45) is 0 Å². The van der Waals surface area contributed by atoms with Gasteiger partial charge in [0.15, 0.2) is 0 Å². The predicted octanol–water partition coefficient (Wildman–Crippen LogP) is 13.4. The van der Waals surface area contributed by atoms with E-state index in [-0.39, 0.29) is 0 Å². The molecule has 0 unspecified atom stereocenters. The second kappa shape index (κ2) is 14.3. The van der Waals surface area contributed by atoms with Crippen LogP contribution in [0, 0.1) is 20.8 Å². The molecule has 0 radical (unpaired) electrons. The zero-order valence-electron chi connectivity index (χ0n) is 28.3. The molecule has 0 bridgehead atoms. The van der Waals surface area contributed by atoms with Crippen molar-refractivity contribution in [3.63, 3.8) is 0 Å². The van der Waals surface area contributed by atoms with Crippen molar-refractivity contribution in [1.29, 1.82) is 0 Å². The van der Waals surface area contributed by atoms with E-state index in [2.05, 4.69) is 219 Å². The summed E-state index contributed by atoms with van der Waals surface area (Å²) in [5, 5.41) is 0. The van der Waals surface area contributed by atoms with Crippen molar-refractivity contribution >= 4 is 46.3 Å². The van der Waals surface area contributed by atoms with Gasteiger partial charge in [-0.1, -0.05) is 121 Å². The molecule has 0 amide bonds. The lowest BCUT2D eigenvalue weighted by Gasteiger charge is -2.28. The highest BCUT2D eigenvalue weighted by molar-refractivity contribution is 5.81. The second-order valence-electron chi connectivity index (χ2n) is 12.6. The summed E-state index contributed by atoms with van der Waals surface area (Å²) in [5.41, 5.74) is 15.4. The monoisotopic (exact) mass is 632 g/mol. The maximum Gasteiger partial charge on any atom is 0.0490 e. The SMILES string of the molecule is Cc1cc(C)cc(N(c2ccc(-c3ccc(C=Cc4ccc(N(c5ccccc5)c5ccccc5)cc4)cc3)cc2)c2ccccc2C)c1. The Morgan fingerprint density at radius 3 is 1.29 bits per heavy atom. The molecule has 0 saturated heterocycles. The summed E-state index contributed by atoms with van der Waals surface area (Å²) in [7, 11) is 0. The molecule has 2 heteroatoms. The lowest BCUT2D eigenvalue weighted by Crippen LogP contribution is -2.11. The summed E-state index contributed by atoms with van der Waals surface area (Å²) in [4.78, 5) is 4.64. The van der Waals surface area contributed by atoms with Crippen molar-refractivity contribution in [3.05, 3.63) is 204 Å². The predicted molar refractivity (Wildman–Crippen MR) is 211 cm³/mol. The summed E-state index contributed by atoms with van der Waals surface area (Å²) in [6.45, 7) is 6.50. The Morgan fingerprint density at radius 1 is 0.347 bits per heavy atom. The van der Waals surface area contributed by atoms with Gasteiger partial charge in [0.05, 0.1) is 0 Å². The highest BCUT2D eigenvalue weighted by atomic mass is 15.1. The number of benzene rings is 7. The maximum absolute atomic E-state index is 2.36. The van der Waals surface area contributed by atoms with Crippen LogP contribution >= 0.6 is 0 Å². The number of aryl methyl sites for hydroxylation is 3. The van der Waals surface area contributed by atoms with Crippen LogP contribution in [0.2, 0.25) is 0 Å². The Hall–Kier alpha value is -6.12. The highest BCUT2D eigenvalue weighted by Crippen LogP contribution is 2.38. The summed E-state index contributed by atoms with van der Waals surface area (Å²) >= 11 is 0. The minimum atomic E-state index is 1.13. The van der Waals surface area contributed by atoms with Gasteiger partial charge in [-0.05, 0) is 126 Å². The molecule has 0 aliphatic carbocycles. The van der Waals surface area contributed by atoms with Gasteiger partial charge >= 0.3 is 0 Å². The number of hydrogen-bond acceptors (Lipinski definition) is 2. The average Bonchev–Trinajstić information content (AvgIpc) is 3.13. The van der Waals surface area contributed by atoms with Gasteiger partial charge < -0.3 is 9.80 Å². The van der Waals surface area contributed by atoms with Crippen molar-refractivity contribution < 1.29 is 0 Å². The van der Waals surface area contributed by atoms with Crippen molar-refractivity contribution in [3.8, 4) is 11.1 Å². The number of hydrogen-bond donors (Lipinski definition) is 0. The Balaban J connectivity index is 1.08. The zero-order chi connectivity index (χ0) is 33.6. The molecular formula is C47H40N2. The average molecular weight is 633 g/mol. The maximum atomic E-state index is 2.36. The fourth-order valence-electron chi connectivity index (χ4n) is 6.44. The molecule has 2 nitrogen and oxygen atoms in total. The molecule has 0 N–H and O–H groups in total. The second-order valence-corrected chi connectivity index (χ2v) is 12.6. The first-order valence-corrected chi connectivity index (χ1v) is 16.8. The van der Waals surface area contributed by atoms with E-state index in [4.69, 9.17) is 0 Å². The van der Waals surface area contributed by atoms with Crippen LogP contribution in [0.15, 0.2) is 176 Å². The van der Waals surface area contributed by atoms with Gasteiger partial charge in [0.25, 0.3) is 0 Å². The van der Waals surface area contributed by atoms with E-state index in [0.717, 1.165) is 28.3 Å². The largest absolute Gasteiger partial charge is 0.311 e. The molecule has 49 heavy (non-hydrogen) atoms. The third-order valence-electron chi connectivity index (χ3n) is 8.84. The molecule has 7 rings (SSSR count). The Kier molecular flexibility index (Phi) is 9.21. The number of rotatable bonds is 9. The van der Waals surface area contributed by atoms with Crippen LogP contribution in [0.3, 0.4) is 0 Å².